The van der Waals surface area contributed by atoms with Gasteiger partial charge >= 0.3 is 0 Å². The third-order valence-electron chi connectivity index (χ3n) is 5.29. The molecular formula is C22H25N5O2. The van der Waals surface area contributed by atoms with Crippen molar-refractivity contribution in [3.8, 4) is 11.5 Å². The number of rotatable bonds is 5. The van der Waals surface area contributed by atoms with Gasteiger partial charge in [0, 0.05) is 12.7 Å². The first-order chi connectivity index (χ1) is 14.1. The molecule has 3 aromatic rings. The van der Waals surface area contributed by atoms with Gasteiger partial charge in [0.25, 0.3) is 5.91 Å². The number of benzene rings is 2. The molecule has 7 heteroatoms. The van der Waals surface area contributed by atoms with Crippen molar-refractivity contribution in [2.75, 3.05) is 25.0 Å². The minimum absolute atomic E-state index is 0.167. The van der Waals surface area contributed by atoms with Gasteiger partial charge in [0.05, 0.1) is 11.7 Å². The predicted molar refractivity (Wildman–Crippen MR) is 112 cm³/mol. The monoisotopic (exact) mass is 391 g/mol. The van der Waals surface area contributed by atoms with Crippen molar-refractivity contribution >= 4 is 11.6 Å². The molecule has 29 heavy (non-hydrogen) atoms. The van der Waals surface area contributed by atoms with Crippen molar-refractivity contribution in [2.24, 2.45) is 0 Å². The molecule has 1 aliphatic rings. The number of para-hydroxylation sites is 1. The number of aromatic nitrogens is 3. The van der Waals surface area contributed by atoms with Gasteiger partial charge in [0.1, 0.15) is 11.5 Å². The molecule has 0 spiro atoms. The molecule has 2 heterocycles. The van der Waals surface area contributed by atoms with E-state index < -0.39 is 0 Å². The molecule has 7 nitrogen and oxygen atoms in total. The Bertz CT molecular complexity index is 963. The Labute approximate surface area is 170 Å². The van der Waals surface area contributed by atoms with Gasteiger partial charge in [-0.2, -0.15) is 0 Å². The minimum atomic E-state index is -0.167. The van der Waals surface area contributed by atoms with Gasteiger partial charge in [-0.05, 0) is 69.3 Å². The molecular weight excluding hydrogens is 366 g/mol. The van der Waals surface area contributed by atoms with Crippen LogP contribution < -0.4 is 15.0 Å². The molecule has 1 saturated heterocycles. The highest BCUT2D eigenvalue weighted by molar-refractivity contribution is 6.05. The lowest BCUT2D eigenvalue weighted by Crippen LogP contribution is -2.30. The van der Waals surface area contributed by atoms with E-state index in [1.165, 1.54) is 0 Å². The van der Waals surface area contributed by atoms with E-state index >= 15 is 0 Å². The van der Waals surface area contributed by atoms with E-state index in [1.54, 1.807) is 11.9 Å². The van der Waals surface area contributed by atoms with Crippen LogP contribution in [0.5, 0.6) is 11.5 Å². The van der Waals surface area contributed by atoms with Gasteiger partial charge in [-0.1, -0.05) is 23.4 Å². The van der Waals surface area contributed by atoms with Gasteiger partial charge in [-0.15, -0.1) is 5.10 Å². The Morgan fingerprint density at radius 1 is 1.07 bits per heavy atom. The van der Waals surface area contributed by atoms with Crippen molar-refractivity contribution in [1.82, 2.24) is 20.3 Å². The molecule has 0 saturated carbocycles. The Morgan fingerprint density at radius 3 is 2.41 bits per heavy atom. The Balaban J connectivity index is 1.47. The van der Waals surface area contributed by atoms with Gasteiger partial charge in [0.15, 0.2) is 5.69 Å². The van der Waals surface area contributed by atoms with E-state index in [2.05, 4.69) is 15.6 Å². The number of anilines is 1. The average molecular weight is 391 g/mol. The normalized spacial score (nSPS) is 14.6. The summed E-state index contributed by atoms with van der Waals surface area (Å²) in [6.07, 6.45) is 1.99. The van der Waals surface area contributed by atoms with Crippen LogP contribution in [0.25, 0.3) is 0 Å². The van der Waals surface area contributed by atoms with Crippen LogP contribution in [0.1, 0.15) is 35.1 Å². The lowest BCUT2D eigenvalue weighted by atomic mass is 10.1. The van der Waals surface area contributed by atoms with Crippen molar-refractivity contribution < 1.29 is 9.53 Å². The second-order valence-electron chi connectivity index (χ2n) is 7.22. The molecule has 1 N–H and O–H groups in total. The minimum Gasteiger partial charge on any atom is -0.457 e. The molecule has 2 aromatic carbocycles. The summed E-state index contributed by atoms with van der Waals surface area (Å²) in [5.74, 6) is 1.32. The van der Waals surface area contributed by atoms with Crippen LogP contribution in [-0.4, -0.2) is 41.0 Å². The molecule has 1 aromatic heterocycles. The van der Waals surface area contributed by atoms with E-state index in [-0.39, 0.29) is 5.91 Å². The van der Waals surface area contributed by atoms with E-state index in [0.29, 0.717) is 17.5 Å². The standard InChI is InChI=1S/C22H25N5O2/c1-16-21(24-25-27(16)18-12-14-23-15-13-18)22(28)26(2)17-8-10-20(11-9-17)29-19-6-4-3-5-7-19/h3-11,18,23H,12-15H2,1-2H3. The number of amides is 1. The summed E-state index contributed by atoms with van der Waals surface area (Å²) < 4.78 is 7.72. The Kier molecular flexibility index (Phi) is 5.57. The summed E-state index contributed by atoms with van der Waals surface area (Å²) in [7, 11) is 1.75. The molecule has 1 aliphatic heterocycles. The predicted octanol–water partition coefficient (Wildman–Crippen LogP) is 3.58. The van der Waals surface area contributed by atoms with Crippen molar-refractivity contribution in [3.63, 3.8) is 0 Å². The molecule has 1 amide bonds. The van der Waals surface area contributed by atoms with Crippen LogP contribution in [0.2, 0.25) is 0 Å². The quantitative estimate of drug-likeness (QED) is 0.720. The summed E-state index contributed by atoms with van der Waals surface area (Å²) in [5, 5.41) is 11.8. The van der Waals surface area contributed by atoms with Crippen LogP contribution in [0.4, 0.5) is 5.69 Å². The highest BCUT2D eigenvalue weighted by Gasteiger charge is 2.25. The maximum Gasteiger partial charge on any atom is 0.280 e. The van der Waals surface area contributed by atoms with E-state index in [9.17, 15) is 4.79 Å². The fraction of sp³-hybridized carbons (Fsp3) is 0.318. The average Bonchev–Trinajstić information content (AvgIpc) is 3.16. The lowest BCUT2D eigenvalue weighted by Gasteiger charge is -2.23. The number of nitrogens with zero attached hydrogens (tertiary/aromatic N) is 4. The second kappa shape index (κ2) is 8.45. The van der Waals surface area contributed by atoms with Crippen LogP contribution in [0.15, 0.2) is 54.6 Å². The van der Waals surface area contributed by atoms with Gasteiger partial charge in [-0.25, -0.2) is 4.68 Å². The first kappa shape index (κ1) is 19.1. The van der Waals surface area contributed by atoms with Gasteiger partial charge in [-0.3, -0.25) is 4.79 Å². The topological polar surface area (TPSA) is 72.3 Å². The van der Waals surface area contributed by atoms with Crippen molar-refractivity contribution in [1.29, 1.82) is 0 Å². The number of carbonyl (C=O) groups excluding carboxylic acids is 1. The molecule has 0 radical (unpaired) electrons. The van der Waals surface area contributed by atoms with Crippen LogP contribution in [0.3, 0.4) is 0 Å². The highest BCUT2D eigenvalue weighted by atomic mass is 16.5. The number of hydrogen-bond donors (Lipinski definition) is 1. The fourth-order valence-electron chi connectivity index (χ4n) is 3.58. The first-order valence-electron chi connectivity index (χ1n) is 9.87. The maximum absolute atomic E-state index is 13.0. The summed E-state index contributed by atoms with van der Waals surface area (Å²) in [5.41, 5.74) is 1.99. The lowest BCUT2D eigenvalue weighted by molar-refractivity contribution is 0.0987. The zero-order valence-electron chi connectivity index (χ0n) is 16.7. The smallest absolute Gasteiger partial charge is 0.280 e. The number of ether oxygens (including phenoxy) is 1. The summed E-state index contributed by atoms with van der Waals surface area (Å²) >= 11 is 0. The summed E-state index contributed by atoms with van der Waals surface area (Å²) in [6.45, 7) is 3.84. The molecule has 0 aliphatic carbocycles. The molecule has 1 fully saturated rings. The second-order valence-corrected chi connectivity index (χ2v) is 7.22. The van der Waals surface area contributed by atoms with Gasteiger partial charge < -0.3 is 15.0 Å². The first-order valence-corrected chi connectivity index (χ1v) is 9.87. The number of hydrogen-bond acceptors (Lipinski definition) is 5. The summed E-state index contributed by atoms with van der Waals surface area (Å²) in [6, 6.07) is 17.3. The SMILES string of the molecule is Cc1c(C(=O)N(C)c2ccc(Oc3ccccc3)cc2)nnn1C1CCNCC1. The zero-order valence-corrected chi connectivity index (χ0v) is 16.7. The van der Waals surface area contributed by atoms with Crippen molar-refractivity contribution in [3.05, 3.63) is 66.0 Å². The van der Waals surface area contributed by atoms with Crippen LogP contribution in [-0.2, 0) is 0 Å². The number of piperidine rings is 1. The molecule has 0 bridgehead atoms. The number of nitrogens with one attached hydrogen (secondary N) is 1. The third kappa shape index (κ3) is 4.14. The van der Waals surface area contributed by atoms with Crippen LogP contribution in [0, 0.1) is 6.92 Å². The van der Waals surface area contributed by atoms with Crippen molar-refractivity contribution in [2.45, 2.75) is 25.8 Å². The van der Waals surface area contributed by atoms with E-state index in [1.807, 2.05) is 66.2 Å². The fourth-order valence-corrected chi connectivity index (χ4v) is 3.58. The third-order valence-corrected chi connectivity index (χ3v) is 5.29. The van der Waals surface area contributed by atoms with Gasteiger partial charge in [0.2, 0.25) is 0 Å². The zero-order chi connectivity index (χ0) is 20.2. The molecule has 0 atom stereocenters. The number of carbonyl (C=O) groups is 1. The van der Waals surface area contributed by atoms with E-state index in [0.717, 1.165) is 43.1 Å². The maximum atomic E-state index is 13.0. The molecule has 0 unspecified atom stereocenters. The Hall–Kier alpha value is -3.19. The largest absolute Gasteiger partial charge is 0.457 e. The highest BCUT2D eigenvalue weighted by Crippen LogP contribution is 2.25. The molecule has 150 valence electrons. The van der Waals surface area contributed by atoms with E-state index in [4.69, 9.17) is 4.74 Å². The van der Waals surface area contributed by atoms with Crippen LogP contribution >= 0.6 is 0 Å². The molecule has 4 rings (SSSR count). The summed E-state index contributed by atoms with van der Waals surface area (Å²) in [4.78, 5) is 14.6. The Morgan fingerprint density at radius 2 is 1.72 bits per heavy atom.